The fraction of sp³-hybridized carbons (Fsp3) is 0.917. The first-order valence-electron chi connectivity index (χ1n) is 6.03. The van der Waals surface area contributed by atoms with Gasteiger partial charge in [0, 0.05) is 24.4 Å². The summed E-state index contributed by atoms with van der Waals surface area (Å²) in [7, 11) is 0. The van der Waals surface area contributed by atoms with Gasteiger partial charge in [-0.25, -0.2) is 4.79 Å². The number of aliphatic hydroxyl groups excluding tert-OH is 1. The molecule has 0 aromatic heterocycles. The molecule has 2 heterocycles. The van der Waals surface area contributed by atoms with Gasteiger partial charge in [0.25, 0.3) is 0 Å². The van der Waals surface area contributed by atoms with Crippen molar-refractivity contribution in [2.45, 2.75) is 26.4 Å². The van der Waals surface area contributed by atoms with Crippen LogP contribution < -0.4 is 0 Å². The molecule has 2 atom stereocenters. The van der Waals surface area contributed by atoms with Crippen molar-refractivity contribution in [2.75, 3.05) is 32.9 Å². The number of hydrogen-bond donors (Lipinski definition) is 1. The maximum atomic E-state index is 11.9. The number of hydrogen-bond acceptors (Lipinski definition) is 4. The zero-order valence-corrected chi connectivity index (χ0v) is 10.7. The number of rotatable bonds is 1. The van der Waals surface area contributed by atoms with Gasteiger partial charge in [0.1, 0.15) is 5.60 Å². The Labute approximate surface area is 102 Å². The van der Waals surface area contributed by atoms with Crippen LogP contribution in [0, 0.1) is 11.3 Å². The highest BCUT2D eigenvalue weighted by Gasteiger charge is 2.52. The summed E-state index contributed by atoms with van der Waals surface area (Å²) >= 11 is 0. The van der Waals surface area contributed by atoms with Crippen molar-refractivity contribution < 1.29 is 19.4 Å². The van der Waals surface area contributed by atoms with Gasteiger partial charge in [-0.15, -0.1) is 0 Å². The van der Waals surface area contributed by atoms with Crippen LogP contribution in [-0.2, 0) is 9.47 Å². The molecule has 1 N–H and O–H groups in total. The van der Waals surface area contributed by atoms with E-state index >= 15 is 0 Å². The highest BCUT2D eigenvalue weighted by Crippen LogP contribution is 2.41. The van der Waals surface area contributed by atoms with Crippen LogP contribution in [0.5, 0.6) is 0 Å². The molecule has 0 aliphatic carbocycles. The predicted molar refractivity (Wildman–Crippen MR) is 61.6 cm³/mol. The Morgan fingerprint density at radius 1 is 1.59 bits per heavy atom. The average Bonchev–Trinajstić information content (AvgIpc) is 2.70. The molecule has 2 rings (SSSR count). The quantitative estimate of drug-likeness (QED) is 0.742. The maximum absolute atomic E-state index is 11.9. The second-order valence-electron chi connectivity index (χ2n) is 6.09. The van der Waals surface area contributed by atoms with Crippen molar-refractivity contribution in [3.05, 3.63) is 0 Å². The largest absolute Gasteiger partial charge is 0.444 e. The first-order chi connectivity index (χ1) is 7.86. The predicted octanol–water partition coefficient (Wildman–Crippen LogP) is 0.862. The lowest BCUT2D eigenvalue weighted by molar-refractivity contribution is 0.0205. The van der Waals surface area contributed by atoms with Crippen LogP contribution in [0.15, 0.2) is 0 Å². The van der Waals surface area contributed by atoms with Crippen LogP contribution in [0.2, 0.25) is 0 Å². The van der Waals surface area contributed by atoms with Gasteiger partial charge in [0.2, 0.25) is 0 Å². The Balaban J connectivity index is 2.00. The SMILES string of the molecule is CC(C)(C)OC(=O)N1CC2COC[C@@]2(CO)C1. The van der Waals surface area contributed by atoms with E-state index in [0.717, 1.165) is 0 Å². The third-order valence-corrected chi connectivity index (χ3v) is 3.49. The molecular weight excluding hydrogens is 222 g/mol. The van der Waals surface area contributed by atoms with Crippen LogP contribution >= 0.6 is 0 Å². The van der Waals surface area contributed by atoms with Gasteiger partial charge in [-0.3, -0.25) is 0 Å². The minimum Gasteiger partial charge on any atom is -0.444 e. The van der Waals surface area contributed by atoms with Crippen molar-refractivity contribution in [1.82, 2.24) is 4.90 Å². The highest BCUT2D eigenvalue weighted by molar-refractivity contribution is 5.68. The standard InChI is InChI=1S/C12H21NO4/c1-11(2,3)17-10(15)13-4-9-5-16-8-12(9,6-13)7-14/h9,14H,4-8H2,1-3H3/t9?,12-/m0/s1. The molecule has 17 heavy (non-hydrogen) atoms. The van der Waals surface area contributed by atoms with Gasteiger partial charge in [0.15, 0.2) is 0 Å². The number of fused-ring (bicyclic) bond motifs is 1. The van der Waals surface area contributed by atoms with E-state index in [9.17, 15) is 9.90 Å². The van der Waals surface area contributed by atoms with E-state index in [0.29, 0.717) is 26.3 Å². The summed E-state index contributed by atoms with van der Waals surface area (Å²) in [6.07, 6.45) is -0.292. The van der Waals surface area contributed by atoms with Crippen LogP contribution in [0.3, 0.4) is 0 Å². The van der Waals surface area contributed by atoms with Crippen molar-refractivity contribution in [1.29, 1.82) is 0 Å². The number of aliphatic hydroxyl groups is 1. The molecule has 0 spiro atoms. The van der Waals surface area contributed by atoms with E-state index in [4.69, 9.17) is 9.47 Å². The van der Waals surface area contributed by atoms with Gasteiger partial charge in [0.05, 0.1) is 19.8 Å². The topological polar surface area (TPSA) is 59.0 Å². The molecule has 2 saturated heterocycles. The highest BCUT2D eigenvalue weighted by atomic mass is 16.6. The van der Waals surface area contributed by atoms with Gasteiger partial charge in [-0.2, -0.15) is 0 Å². The van der Waals surface area contributed by atoms with Crippen molar-refractivity contribution in [3.63, 3.8) is 0 Å². The molecule has 1 unspecified atom stereocenters. The van der Waals surface area contributed by atoms with E-state index in [2.05, 4.69) is 0 Å². The summed E-state index contributed by atoms with van der Waals surface area (Å²) in [6, 6.07) is 0. The molecule has 1 amide bonds. The number of amides is 1. The van der Waals surface area contributed by atoms with Gasteiger partial charge in [-0.05, 0) is 20.8 Å². The van der Waals surface area contributed by atoms with Gasteiger partial charge in [-0.1, -0.05) is 0 Å². The van der Waals surface area contributed by atoms with Gasteiger partial charge >= 0.3 is 6.09 Å². The Kier molecular flexibility index (Phi) is 3.08. The van der Waals surface area contributed by atoms with Gasteiger partial charge < -0.3 is 19.5 Å². The molecule has 0 aromatic rings. The van der Waals surface area contributed by atoms with E-state index < -0.39 is 5.60 Å². The molecule has 98 valence electrons. The summed E-state index contributed by atoms with van der Waals surface area (Å²) in [5.74, 6) is 0.236. The molecule has 2 fully saturated rings. The summed E-state index contributed by atoms with van der Waals surface area (Å²) in [5.41, 5.74) is -0.742. The first-order valence-corrected chi connectivity index (χ1v) is 6.03. The average molecular weight is 243 g/mol. The van der Waals surface area contributed by atoms with Crippen molar-refractivity contribution in [2.24, 2.45) is 11.3 Å². The molecule has 5 heteroatoms. The van der Waals surface area contributed by atoms with E-state index in [1.807, 2.05) is 20.8 Å². The molecule has 0 saturated carbocycles. The second-order valence-corrected chi connectivity index (χ2v) is 6.09. The lowest BCUT2D eigenvalue weighted by Crippen LogP contribution is -2.39. The van der Waals surface area contributed by atoms with Crippen LogP contribution in [0.4, 0.5) is 4.79 Å². The minimum absolute atomic E-state index is 0.0664. The van der Waals surface area contributed by atoms with Crippen LogP contribution in [-0.4, -0.2) is 54.6 Å². The second kappa shape index (κ2) is 4.14. The Bertz CT molecular complexity index is 312. The molecule has 5 nitrogen and oxygen atoms in total. The smallest absolute Gasteiger partial charge is 0.410 e. The van der Waals surface area contributed by atoms with E-state index in [1.54, 1.807) is 4.90 Å². The lowest BCUT2D eigenvalue weighted by atomic mass is 9.82. The van der Waals surface area contributed by atoms with Crippen molar-refractivity contribution >= 4 is 6.09 Å². The molecule has 2 aliphatic heterocycles. The zero-order valence-electron chi connectivity index (χ0n) is 10.7. The third-order valence-electron chi connectivity index (χ3n) is 3.49. The monoisotopic (exact) mass is 243 g/mol. The number of ether oxygens (including phenoxy) is 2. The lowest BCUT2D eigenvalue weighted by Gasteiger charge is -2.26. The summed E-state index contributed by atoms with van der Waals surface area (Å²) in [4.78, 5) is 13.6. The number of nitrogens with zero attached hydrogens (tertiary/aromatic N) is 1. The third kappa shape index (κ3) is 2.40. The fourth-order valence-electron chi connectivity index (χ4n) is 2.52. The summed E-state index contributed by atoms with van der Waals surface area (Å²) in [6.45, 7) is 7.94. The van der Waals surface area contributed by atoms with E-state index in [-0.39, 0.29) is 24.0 Å². The van der Waals surface area contributed by atoms with E-state index in [1.165, 1.54) is 0 Å². The van der Waals surface area contributed by atoms with Crippen molar-refractivity contribution in [3.8, 4) is 0 Å². The number of carbonyl (C=O) groups is 1. The molecule has 0 aromatic carbocycles. The normalized spacial score (nSPS) is 32.7. The zero-order chi connectivity index (χ0) is 12.7. The van der Waals surface area contributed by atoms with Crippen LogP contribution in [0.25, 0.3) is 0 Å². The molecular formula is C12H21NO4. The summed E-state index contributed by atoms with van der Waals surface area (Å²) < 4.78 is 10.7. The maximum Gasteiger partial charge on any atom is 0.410 e. The molecule has 2 aliphatic rings. The minimum atomic E-state index is -0.475. The number of likely N-dealkylation sites (tertiary alicyclic amines) is 1. The first kappa shape index (κ1) is 12.6. The summed E-state index contributed by atoms with van der Waals surface area (Å²) in [5, 5.41) is 9.50. The molecule has 0 radical (unpaired) electrons. The Hall–Kier alpha value is -0.810. The van der Waals surface area contributed by atoms with Crippen LogP contribution in [0.1, 0.15) is 20.8 Å². The number of carbonyl (C=O) groups excluding carboxylic acids is 1. The Morgan fingerprint density at radius 3 is 2.82 bits per heavy atom. The Morgan fingerprint density at radius 2 is 2.29 bits per heavy atom. The fourth-order valence-corrected chi connectivity index (χ4v) is 2.52. The molecule has 0 bridgehead atoms.